The number of nitrogens with two attached hydrogens (primary N) is 1. The van der Waals surface area contributed by atoms with Gasteiger partial charge in [-0.25, -0.2) is 0 Å². The number of halogens is 4. The van der Waals surface area contributed by atoms with Crippen molar-refractivity contribution in [3.05, 3.63) is 35.4 Å². The van der Waals surface area contributed by atoms with Crippen LogP contribution in [0.4, 0.5) is 13.2 Å². The third kappa shape index (κ3) is 8.04. The smallest absolute Gasteiger partial charge is 0.383 e. The fourth-order valence-electron chi connectivity index (χ4n) is 2.14. The van der Waals surface area contributed by atoms with E-state index in [0.29, 0.717) is 18.7 Å². The Hall–Kier alpha value is -1.35. The number of nitrogens with zero attached hydrogens (tertiary/aromatic N) is 2. The van der Waals surface area contributed by atoms with Crippen LogP contribution >= 0.6 is 12.4 Å². The second-order valence-electron chi connectivity index (χ2n) is 5.82. The molecule has 0 saturated carbocycles. The molecule has 1 atom stereocenters. The van der Waals surface area contributed by atoms with Crippen molar-refractivity contribution >= 4 is 18.3 Å². The van der Waals surface area contributed by atoms with Crippen molar-refractivity contribution in [3.63, 3.8) is 0 Å². The van der Waals surface area contributed by atoms with Crippen LogP contribution in [0.15, 0.2) is 24.3 Å². The summed E-state index contributed by atoms with van der Waals surface area (Å²) in [6.45, 7) is 1.05. The molecule has 0 fully saturated rings. The number of carbonyl (C=O) groups excluding carboxylic acids is 1. The van der Waals surface area contributed by atoms with Crippen molar-refractivity contribution < 1.29 is 22.7 Å². The lowest BCUT2D eigenvalue weighted by Gasteiger charge is -2.27. The van der Waals surface area contributed by atoms with E-state index < -0.39 is 17.8 Å². The molecule has 25 heavy (non-hydrogen) atoms. The number of hydrogen-bond acceptors (Lipinski definition) is 4. The summed E-state index contributed by atoms with van der Waals surface area (Å²) in [6.07, 6.45) is -4.42. The highest BCUT2D eigenvalue weighted by molar-refractivity contribution is 5.85. The van der Waals surface area contributed by atoms with Crippen molar-refractivity contribution in [2.75, 3.05) is 40.9 Å². The van der Waals surface area contributed by atoms with Crippen LogP contribution in [0, 0.1) is 0 Å². The molecule has 9 heteroatoms. The predicted octanol–water partition coefficient (Wildman–Crippen LogP) is 1.99. The van der Waals surface area contributed by atoms with Crippen molar-refractivity contribution in [1.29, 1.82) is 0 Å². The van der Waals surface area contributed by atoms with Gasteiger partial charge in [-0.1, -0.05) is 12.1 Å². The average Bonchev–Trinajstić information content (AvgIpc) is 2.50. The highest BCUT2D eigenvalue weighted by Gasteiger charge is 2.30. The van der Waals surface area contributed by atoms with E-state index >= 15 is 0 Å². The third-order valence-electron chi connectivity index (χ3n) is 3.42. The second kappa shape index (κ2) is 10.6. The molecule has 0 radical (unpaired) electrons. The first-order valence-corrected chi connectivity index (χ1v) is 7.49. The molecule has 0 bridgehead atoms. The van der Waals surface area contributed by atoms with Gasteiger partial charge in [0.15, 0.2) is 0 Å². The van der Waals surface area contributed by atoms with Crippen LogP contribution in [0.25, 0.3) is 0 Å². The molecule has 1 unspecified atom stereocenters. The zero-order valence-corrected chi connectivity index (χ0v) is 15.4. The van der Waals surface area contributed by atoms with Crippen LogP contribution in [0.5, 0.6) is 0 Å². The largest absolute Gasteiger partial charge is 0.416 e. The van der Waals surface area contributed by atoms with Crippen LogP contribution in [-0.2, 0) is 22.3 Å². The first kappa shape index (κ1) is 23.6. The number of carbonyl (C=O) groups is 1. The lowest BCUT2D eigenvalue weighted by Crippen LogP contribution is -2.47. The Balaban J connectivity index is 0.00000576. The van der Waals surface area contributed by atoms with E-state index in [1.807, 2.05) is 19.0 Å². The summed E-state index contributed by atoms with van der Waals surface area (Å²) in [4.78, 5) is 15.8. The van der Waals surface area contributed by atoms with E-state index in [1.165, 1.54) is 18.1 Å². The van der Waals surface area contributed by atoms with Gasteiger partial charge in [-0.15, -0.1) is 12.4 Å². The first-order chi connectivity index (χ1) is 11.1. The molecule has 0 aliphatic heterocycles. The van der Waals surface area contributed by atoms with Crippen molar-refractivity contribution in [2.45, 2.75) is 18.8 Å². The van der Waals surface area contributed by atoms with Crippen LogP contribution in [0.3, 0.4) is 0 Å². The topological polar surface area (TPSA) is 58.8 Å². The predicted molar refractivity (Wildman–Crippen MR) is 92.5 cm³/mol. The minimum atomic E-state index is -4.42. The van der Waals surface area contributed by atoms with Gasteiger partial charge in [0.2, 0.25) is 5.91 Å². The normalized spacial score (nSPS) is 12.6. The van der Waals surface area contributed by atoms with E-state index in [0.717, 1.165) is 12.1 Å². The van der Waals surface area contributed by atoms with E-state index in [1.54, 1.807) is 6.07 Å². The van der Waals surface area contributed by atoms with Crippen LogP contribution in [0.1, 0.15) is 11.1 Å². The second-order valence-corrected chi connectivity index (χ2v) is 5.82. The lowest BCUT2D eigenvalue weighted by atomic mass is 10.1. The molecule has 1 aromatic rings. The Bertz CT molecular complexity index is 542. The van der Waals surface area contributed by atoms with Gasteiger partial charge in [-0.2, -0.15) is 13.2 Å². The number of hydrogen-bond donors (Lipinski definition) is 1. The highest BCUT2D eigenvalue weighted by Crippen LogP contribution is 2.29. The molecule has 144 valence electrons. The summed E-state index contributed by atoms with van der Waals surface area (Å²) in [5.41, 5.74) is 5.45. The molecule has 0 aliphatic carbocycles. The van der Waals surface area contributed by atoms with Gasteiger partial charge < -0.3 is 20.3 Å². The molecule has 0 spiro atoms. The molecule has 1 amide bonds. The number of methoxy groups -OCH3 is 1. The Labute approximate surface area is 152 Å². The van der Waals surface area contributed by atoms with Gasteiger partial charge in [0.1, 0.15) is 6.04 Å². The van der Waals surface area contributed by atoms with Crippen molar-refractivity contribution in [3.8, 4) is 0 Å². The van der Waals surface area contributed by atoms with E-state index in [-0.39, 0.29) is 31.5 Å². The van der Waals surface area contributed by atoms with Crippen molar-refractivity contribution in [2.24, 2.45) is 5.73 Å². The van der Waals surface area contributed by atoms with Crippen molar-refractivity contribution in [1.82, 2.24) is 9.80 Å². The fourth-order valence-corrected chi connectivity index (χ4v) is 2.14. The van der Waals surface area contributed by atoms with E-state index in [2.05, 4.69) is 0 Å². The maximum atomic E-state index is 12.8. The summed E-state index contributed by atoms with van der Waals surface area (Å²) in [7, 11) is 5.13. The summed E-state index contributed by atoms with van der Waals surface area (Å²) >= 11 is 0. The zero-order chi connectivity index (χ0) is 18.3. The minimum absolute atomic E-state index is 0. The Kier molecular flexibility index (Phi) is 10.0. The quantitative estimate of drug-likeness (QED) is 0.746. The Morgan fingerprint density at radius 3 is 2.44 bits per heavy atom. The molecule has 0 aromatic heterocycles. The minimum Gasteiger partial charge on any atom is -0.383 e. The maximum absolute atomic E-state index is 12.8. The fraction of sp³-hybridized carbons (Fsp3) is 0.562. The number of likely N-dealkylation sites (N-methyl/N-ethyl adjacent to an activating group) is 1. The molecular weight excluding hydrogens is 359 g/mol. The summed E-state index contributed by atoms with van der Waals surface area (Å²) in [5.74, 6) is -0.351. The van der Waals surface area contributed by atoms with Gasteiger partial charge in [-0.05, 0) is 31.8 Å². The molecule has 0 aliphatic rings. The molecular formula is C16H25ClF3N3O2. The zero-order valence-electron chi connectivity index (χ0n) is 14.5. The van der Waals surface area contributed by atoms with E-state index in [9.17, 15) is 18.0 Å². The number of benzene rings is 1. The number of amides is 1. The van der Waals surface area contributed by atoms with Gasteiger partial charge >= 0.3 is 6.18 Å². The van der Waals surface area contributed by atoms with Crippen LogP contribution in [0.2, 0.25) is 0 Å². The number of alkyl halides is 3. The van der Waals surface area contributed by atoms with Crippen LogP contribution in [-0.4, -0.2) is 62.7 Å². The highest BCUT2D eigenvalue weighted by atomic mass is 35.5. The lowest BCUT2D eigenvalue weighted by molar-refractivity contribution is -0.137. The molecule has 2 N–H and O–H groups in total. The third-order valence-corrected chi connectivity index (χ3v) is 3.42. The SMILES string of the molecule is COCC(N)C(=O)N(CCN(C)C)Cc1cccc(C(F)(F)F)c1.Cl. The monoisotopic (exact) mass is 383 g/mol. The first-order valence-electron chi connectivity index (χ1n) is 7.49. The van der Waals surface area contributed by atoms with E-state index in [4.69, 9.17) is 10.5 Å². The number of rotatable bonds is 8. The summed E-state index contributed by atoms with van der Waals surface area (Å²) in [6, 6.07) is 4.11. The van der Waals surface area contributed by atoms with Gasteiger partial charge in [-0.3, -0.25) is 4.79 Å². The number of ether oxygens (including phenoxy) is 1. The molecule has 1 aromatic carbocycles. The van der Waals surface area contributed by atoms with Gasteiger partial charge in [0.25, 0.3) is 0 Å². The van der Waals surface area contributed by atoms with Gasteiger partial charge in [0, 0.05) is 26.7 Å². The summed E-state index contributed by atoms with van der Waals surface area (Å²) < 4.78 is 43.4. The van der Waals surface area contributed by atoms with Crippen LogP contribution < -0.4 is 5.73 Å². The molecule has 1 rings (SSSR count). The molecule has 5 nitrogen and oxygen atoms in total. The Morgan fingerprint density at radius 2 is 1.92 bits per heavy atom. The Morgan fingerprint density at radius 1 is 1.28 bits per heavy atom. The van der Waals surface area contributed by atoms with Gasteiger partial charge in [0.05, 0.1) is 12.2 Å². The standard InChI is InChI=1S/C16H24F3N3O2.ClH/c1-21(2)7-8-22(15(23)14(20)11-24-3)10-12-5-4-6-13(9-12)16(17,18)19;/h4-6,9,14H,7-8,10-11,20H2,1-3H3;1H. The molecule has 0 heterocycles. The summed E-state index contributed by atoms with van der Waals surface area (Å²) in [5, 5.41) is 0. The molecule has 0 saturated heterocycles. The maximum Gasteiger partial charge on any atom is 0.416 e. The average molecular weight is 384 g/mol.